The fourth-order valence-corrected chi connectivity index (χ4v) is 1.92. The molecule has 1 N–H and O–H groups in total. The highest BCUT2D eigenvalue weighted by molar-refractivity contribution is 9.10. The van der Waals surface area contributed by atoms with E-state index in [2.05, 4.69) is 26.2 Å². The molecule has 0 bridgehead atoms. The van der Waals surface area contributed by atoms with Gasteiger partial charge in [-0.3, -0.25) is 4.79 Å². The highest BCUT2D eigenvalue weighted by Crippen LogP contribution is 2.16. The van der Waals surface area contributed by atoms with Gasteiger partial charge in [0.05, 0.1) is 11.4 Å². The van der Waals surface area contributed by atoms with Gasteiger partial charge in [0, 0.05) is 20.1 Å². The molecule has 1 aromatic rings. The zero-order valence-electron chi connectivity index (χ0n) is 10.3. The minimum Gasteiger partial charge on any atom is -0.384 e. The lowest BCUT2D eigenvalue weighted by molar-refractivity contribution is -0.117. The zero-order valence-corrected chi connectivity index (χ0v) is 11.9. The third kappa shape index (κ3) is 4.83. The van der Waals surface area contributed by atoms with Gasteiger partial charge >= 0.3 is 0 Å². The number of nitrogens with zero attached hydrogens (tertiary/aromatic N) is 1. The molecule has 0 saturated carbocycles. The van der Waals surface area contributed by atoms with Crippen LogP contribution in [0, 0.1) is 12.8 Å². The summed E-state index contributed by atoms with van der Waals surface area (Å²) in [5.41, 5.74) is 1.55. The molecule has 0 aliphatic carbocycles. The molecular weight excluding hydrogens is 284 g/mol. The molecule has 0 saturated heterocycles. The van der Waals surface area contributed by atoms with Crippen LogP contribution in [0.25, 0.3) is 0 Å². The molecule has 1 unspecified atom stereocenters. The summed E-state index contributed by atoms with van der Waals surface area (Å²) in [6.07, 6.45) is 0.448. The Balaban J connectivity index is 2.56. The third-order valence-corrected chi connectivity index (χ3v) is 2.75. The van der Waals surface area contributed by atoms with Gasteiger partial charge in [-0.15, -0.1) is 0 Å². The van der Waals surface area contributed by atoms with Crippen molar-refractivity contribution in [1.29, 1.82) is 0 Å². The number of ether oxygens (including phenoxy) is 1. The normalized spacial score (nSPS) is 12.2. The van der Waals surface area contributed by atoms with E-state index in [1.807, 2.05) is 19.9 Å². The second-order valence-electron chi connectivity index (χ2n) is 4.08. The lowest BCUT2D eigenvalue weighted by atomic mass is 10.1. The Kier molecular flexibility index (Phi) is 5.58. The molecule has 0 aliphatic heterocycles. The van der Waals surface area contributed by atoms with E-state index < -0.39 is 0 Å². The van der Waals surface area contributed by atoms with Gasteiger partial charge in [0.2, 0.25) is 5.91 Å². The number of amides is 1. The first-order chi connectivity index (χ1) is 8.02. The smallest absolute Gasteiger partial charge is 0.224 e. The van der Waals surface area contributed by atoms with E-state index in [4.69, 9.17) is 4.74 Å². The molecule has 1 rings (SSSR count). The average molecular weight is 301 g/mol. The first kappa shape index (κ1) is 14.1. The number of aryl methyl sites for hydroxylation is 1. The molecule has 1 aromatic heterocycles. The highest BCUT2D eigenvalue weighted by atomic mass is 79.9. The first-order valence-electron chi connectivity index (χ1n) is 5.45. The van der Waals surface area contributed by atoms with Crippen molar-refractivity contribution in [2.75, 3.05) is 19.0 Å². The van der Waals surface area contributed by atoms with Crippen LogP contribution in [0.1, 0.15) is 19.0 Å². The number of anilines is 1. The molecule has 0 fully saturated rings. The van der Waals surface area contributed by atoms with Crippen LogP contribution in [0.5, 0.6) is 0 Å². The molecule has 1 heterocycles. The van der Waals surface area contributed by atoms with Crippen molar-refractivity contribution >= 4 is 27.5 Å². The van der Waals surface area contributed by atoms with Crippen molar-refractivity contribution in [3.63, 3.8) is 0 Å². The number of aromatic nitrogens is 1. The largest absolute Gasteiger partial charge is 0.384 e. The second-order valence-corrected chi connectivity index (χ2v) is 4.89. The summed E-state index contributed by atoms with van der Waals surface area (Å²) in [6.45, 7) is 4.43. The minimum atomic E-state index is -0.0122. The highest BCUT2D eigenvalue weighted by Gasteiger charge is 2.10. The maximum Gasteiger partial charge on any atom is 0.224 e. The van der Waals surface area contributed by atoms with Crippen LogP contribution in [0.15, 0.2) is 16.7 Å². The quantitative estimate of drug-likeness (QED) is 0.851. The van der Waals surface area contributed by atoms with E-state index in [-0.39, 0.29) is 11.8 Å². The SMILES string of the molecule is COCC(C)CC(=O)Nc1ccc(Br)nc1C. The van der Waals surface area contributed by atoms with Gasteiger partial charge in [-0.25, -0.2) is 4.98 Å². The van der Waals surface area contributed by atoms with E-state index in [0.29, 0.717) is 13.0 Å². The molecule has 4 nitrogen and oxygen atoms in total. The van der Waals surface area contributed by atoms with E-state index in [1.54, 1.807) is 13.2 Å². The molecule has 0 radical (unpaired) electrons. The van der Waals surface area contributed by atoms with Gasteiger partial charge < -0.3 is 10.1 Å². The summed E-state index contributed by atoms with van der Waals surface area (Å²) in [7, 11) is 1.64. The summed E-state index contributed by atoms with van der Waals surface area (Å²) in [5, 5.41) is 2.85. The van der Waals surface area contributed by atoms with Crippen molar-refractivity contribution in [2.24, 2.45) is 5.92 Å². The van der Waals surface area contributed by atoms with Crippen LogP contribution in [0.3, 0.4) is 0 Å². The number of hydrogen-bond acceptors (Lipinski definition) is 3. The Labute approximate surface area is 110 Å². The Hall–Kier alpha value is -0.940. The molecular formula is C12H17BrN2O2. The van der Waals surface area contributed by atoms with Gasteiger partial charge in [-0.05, 0) is 40.9 Å². The monoisotopic (exact) mass is 300 g/mol. The van der Waals surface area contributed by atoms with E-state index in [0.717, 1.165) is 16.0 Å². The minimum absolute atomic E-state index is 0.0122. The molecule has 5 heteroatoms. The van der Waals surface area contributed by atoms with Crippen molar-refractivity contribution in [3.8, 4) is 0 Å². The van der Waals surface area contributed by atoms with E-state index in [1.165, 1.54) is 0 Å². The lowest BCUT2D eigenvalue weighted by Crippen LogP contribution is -2.18. The predicted octanol–water partition coefficient (Wildman–Crippen LogP) is 2.76. The van der Waals surface area contributed by atoms with Crippen molar-refractivity contribution in [1.82, 2.24) is 4.98 Å². The number of carbonyl (C=O) groups is 1. The molecule has 1 amide bonds. The predicted molar refractivity (Wildman–Crippen MR) is 71.0 cm³/mol. The summed E-state index contributed by atoms with van der Waals surface area (Å²) in [6, 6.07) is 3.65. The lowest BCUT2D eigenvalue weighted by Gasteiger charge is -2.11. The Morgan fingerprint density at radius 1 is 1.59 bits per heavy atom. The molecule has 0 aromatic carbocycles. The van der Waals surface area contributed by atoms with Crippen molar-refractivity contribution < 1.29 is 9.53 Å². The van der Waals surface area contributed by atoms with Crippen molar-refractivity contribution in [3.05, 3.63) is 22.4 Å². The number of halogens is 1. The number of rotatable bonds is 5. The van der Waals surface area contributed by atoms with E-state index in [9.17, 15) is 4.79 Å². The summed E-state index contributed by atoms with van der Waals surface area (Å²) >= 11 is 3.28. The fraction of sp³-hybridized carbons (Fsp3) is 0.500. The van der Waals surface area contributed by atoms with Crippen molar-refractivity contribution in [2.45, 2.75) is 20.3 Å². The molecule has 0 aliphatic rings. The van der Waals surface area contributed by atoms with Crippen LogP contribution in [0.4, 0.5) is 5.69 Å². The van der Waals surface area contributed by atoms with Gasteiger partial charge in [-0.1, -0.05) is 6.92 Å². The van der Waals surface area contributed by atoms with Crippen LogP contribution in [-0.4, -0.2) is 24.6 Å². The molecule has 0 spiro atoms. The zero-order chi connectivity index (χ0) is 12.8. The fourth-order valence-electron chi connectivity index (χ4n) is 1.52. The standard InChI is InChI=1S/C12H17BrN2O2/c1-8(7-17-3)6-12(16)15-10-4-5-11(13)14-9(10)2/h4-5,8H,6-7H2,1-3H3,(H,15,16). The third-order valence-electron chi connectivity index (χ3n) is 2.31. The second kappa shape index (κ2) is 6.71. The maximum absolute atomic E-state index is 11.7. The summed E-state index contributed by atoms with van der Waals surface area (Å²) < 4.78 is 5.76. The molecule has 1 atom stereocenters. The Morgan fingerprint density at radius 2 is 2.29 bits per heavy atom. The molecule has 17 heavy (non-hydrogen) atoms. The average Bonchev–Trinajstić information content (AvgIpc) is 2.22. The Bertz CT molecular complexity index is 396. The van der Waals surface area contributed by atoms with Gasteiger partial charge in [0.25, 0.3) is 0 Å². The topological polar surface area (TPSA) is 51.2 Å². The van der Waals surface area contributed by atoms with Crippen LogP contribution in [0.2, 0.25) is 0 Å². The van der Waals surface area contributed by atoms with Gasteiger partial charge in [0.1, 0.15) is 4.60 Å². The number of hydrogen-bond donors (Lipinski definition) is 1. The number of nitrogens with one attached hydrogen (secondary N) is 1. The molecule has 94 valence electrons. The first-order valence-corrected chi connectivity index (χ1v) is 6.24. The van der Waals surface area contributed by atoms with Gasteiger partial charge in [0.15, 0.2) is 0 Å². The van der Waals surface area contributed by atoms with Crippen LogP contribution < -0.4 is 5.32 Å². The van der Waals surface area contributed by atoms with Gasteiger partial charge in [-0.2, -0.15) is 0 Å². The number of pyridine rings is 1. The number of carbonyl (C=O) groups excluding carboxylic acids is 1. The van der Waals surface area contributed by atoms with Crippen LogP contribution in [-0.2, 0) is 9.53 Å². The van der Waals surface area contributed by atoms with E-state index >= 15 is 0 Å². The summed E-state index contributed by atoms with van der Waals surface area (Å²) in [4.78, 5) is 15.9. The maximum atomic E-state index is 11.7. The van der Waals surface area contributed by atoms with Crippen LogP contribution >= 0.6 is 15.9 Å². The summed E-state index contributed by atoms with van der Waals surface area (Å²) in [5.74, 6) is 0.200. The number of methoxy groups -OCH3 is 1. The Morgan fingerprint density at radius 3 is 2.88 bits per heavy atom.